The van der Waals surface area contributed by atoms with E-state index in [1.807, 2.05) is 12.1 Å². The third kappa shape index (κ3) is 2.26. The summed E-state index contributed by atoms with van der Waals surface area (Å²) in [7, 11) is 0. The highest BCUT2D eigenvalue weighted by atomic mass is 35.5. The second-order valence-electron chi connectivity index (χ2n) is 2.83. The normalized spacial score (nSPS) is 10.1. The van der Waals surface area contributed by atoms with E-state index < -0.39 is 0 Å². The van der Waals surface area contributed by atoms with Crippen LogP contribution in [0.3, 0.4) is 0 Å². The maximum absolute atomic E-state index is 5.75. The topological polar surface area (TPSA) is 38.7 Å². The zero-order valence-electron chi connectivity index (χ0n) is 7.39. The van der Waals surface area contributed by atoms with Crippen molar-refractivity contribution in [3.8, 4) is 0 Å². The van der Waals surface area contributed by atoms with Gasteiger partial charge in [-0.15, -0.1) is 0 Å². The van der Waals surface area contributed by atoms with E-state index in [0.717, 1.165) is 11.4 Å². The molecule has 2 aromatic heterocycles. The van der Waals surface area contributed by atoms with Crippen molar-refractivity contribution in [1.29, 1.82) is 0 Å². The van der Waals surface area contributed by atoms with Crippen LogP contribution in [0, 0.1) is 0 Å². The van der Waals surface area contributed by atoms with Crippen molar-refractivity contribution in [2.75, 3.05) is 0 Å². The first-order valence-corrected chi connectivity index (χ1v) is 4.59. The van der Waals surface area contributed by atoms with E-state index in [4.69, 9.17) is 11.6 Å². The van der Waals surface area contributed by atoms with Crippen LogP contribution in [0.15, 0.2) is 36.8 Å². The fourth-order valence-corrected chi connectivity index (χ4v) is 1.30. The molecule has 2 aromatic rings. The minimum atomic E-state index is 0.476. The molecule has 0 atom stereocenters. The molecular formula is C10H8ClN3. The minimum Gasteiger partial charge on any atom is -0.265 e. The number of hydrogen-bond donors (Lipinski definition) is 0. The van der Waals surface area contributed by atoms with E-state index in [1.54, 1.807) is 24.7 Å². The average Bonchev–Trinajstić information content (AvgIpc) is 2.19. The Bertz CT molecular complexity index is 417. The monoisotopic (exact) mass is 205 g/mol. The van der Waals surface area contributed by atoms with Crippen molar-refractivity contribution in [2.24, 2.45) is 0 Å². The fourth-order valence-electron chi connectivity index (χ4n) is 1.14. The Kier molecular flexibility index (Phi) is 2.70. The molecule has 4 heteroatoms. The fraction of sp³-hybridized carbons (Fsp3) is 0.100. The van der Waals surface area contributed by atoms with Gasteiger partial charge in [0.05, 0.1) is 0 Å². The highest BCUT2D eigenvalue weighted by Crippen LogP contribution is 2.06. The SMILES string of the molecule is Clc1ccnc(Cc2ccncc2)n1. The van der Waals surface area contributed by atoms with Crippen LogP contribution in [0.25, 0.3) is 0 Å². The molecule has 0 aromatic carbocycles. The molecule has 0 bridgehead atoms. The summed E-state index contributed by atoms with van der Waals surface area (Å²) in [6, 6.07) is 5.53. The molecule has 3 nitrogen and oxygen atoms in total. The van der Waals surface area contributed by atoms with Gasteiger partial charge in [0, 0.05) is 25.0 Å². The third-order valence-electron chi connectivity index (χ3n) is 1.78. The molecule has 0 unspecified atom stereocenters. The van der Waals surface area contributed by atoms with Crippen molar-refractivity contribution in [2.45, 2.75) is 6.42 Å². The molecule has 14 heavy (non-hydrogen) atoms. The van der Waals surface area contributed by atoms with Crippen LogP contribution in [0.4, 0.5) is 0 Å². The van der Waals surface area contributed by atoms with E-state index in [-0.39, 0.29) is 0 Å². The maximum Gasteiger partial charge on any atom is 0.134 e. The number of halogens is 1. The standard InChI is InChI=1S/C10H8ClN3/c11-9-3-6-13-10(14-9)7-8-1-4-12-5-2-8/h1-6H,7H2. The summed E-state index contributed by atoms with van der Waals surface area (Å²) in [5.74, 6) is 0.726. The van der Waals surface area contributed by atoms with Crippen LogP contribution in [0.2, 0.25) is 5.15 Å². The minimum absolute atomic E-state index is 0.476. The van der Waals surface area contributed by atoms with Crippen molar-refractivity contribution in [3.63, 3.8) is 0 Å². The van der Waals surface area contributed by atoms with Gasteiger partial charge in [0.2, 0.25) is 0 Å². The predicted octanol–water partition coefficient (Wildman–Crippen LogP) is 2.12. The van der Waals surface area contributed by atoms with Crippen LogP contribution in [0.5, 0.6) is 0 Å². The maximum atomic E-state index is 5.75. The lowest BCUT2D eigenvalue weighted by Gasteiger charge is -1.99. The molecule has 0 saturated carbocycles. The van der Waals surface area contributed by atoms with E-state index in [0.29, 0.717) is 11.6 Å². The Hall–Kier alpha value is -1.48. The Morgan fingerprint density at radius 2 is 1.86 bits per heavy atom. The second kappa shape index (κ2) is 4.15. The Morgan fingerprint density at radius 3 is 2.57 bits per heavy atom. The lowest BCUT2D eigenvalue weighted by atomic mass is 10.2. The van der Waals surface area contributed by atoms with Crippen molar-refractivity contribution < 1.29 is 0 Å². The summed E-state index contributed by atoms with van der Waals surface area (Å²) in [6.45, 7) is 0. The summed E-state index contributed by atoms with van der Waals surface area (Å²) >= 11 is 5.75. The largest absolute Gasteiger partial charge is 0.265 e. The molecule has 2 heterocycles. The zero-order valence-corrected chi connectivity index (χ0v) is 8.15. The van der Waals surface area contributed by atoms with Crippen molar-refractivity contribution >= 4 is 11.6 Å². The van der Waals surface area contributed by atoms with Crippen LogP contribution in [-0.4, -0.2) is 15.0 Å². The molecule has 0 amide bonds. The highest BCUT2D eigenvalue weighted by Gasteiger charge is 1.98. The number of aromatic nitrogens is 3. The molecular weight excluding hydrogens is 198 g/mol. The van der Waals surface area contributed by atoms with Gasteiger partial charge >= 0.3 is 0 Å². The Labute approximate surface area is 86.8 Å². The summed E-state index contributed by atoms with van der Waals surface area (Å²) in [4.78, 5) is 12.2. The third-order valence-corrected chi connectivity index (χ3v) is 1.99. The molecule has 0 fully saturated rings. The van der Waals surface area contributed by atoms with Gasteiger partial charge in [-0.3, -0.25) is 4.98 Å². The molecule has 0 N–H and O–H groups in total. The first-order valence-electron chi connectivity index (χ1n) is 4.21. The number of nitrogens with zero attached hydrogens (tertiary/aromatic N) is 3. The molecule has 2 rings (SSSR count). The molecule has 0 radical (unpaired) electrons. The number of rotatable bonds is 2. The molecule has 0 saturated heterocycles. The second-order valence-corrected chi connectivity index (χ2v) is 3.22. The molecule has 0 spiro atoms. The van der Waals surface area contributed by atoms with Crippen LogP contribution < -0.4 is 0 Å². The van der Waals surface area contributed by atoms with Gasteiger partial charge in [0.1, 0.15) is 11.0 Å². The van der Waals surface area contributed by atoms with Crippen molar-refractivity contribution in [3.05, 3.63) is 53.3 Å². The van der Waals surface area contributed by atoms with Gasteiger partial charge in [0.25, 0.3) is 0 Å². The lowest BCUT2D eigenvalue weighted by Crippen LogP contribution is -1.95. The quantitative estimate of drug-likeness (QED) is 0.705. The number of pyridine rings is 1. The van der Waals surface area contributed by atoms with E-state index in [2.05, 4.69) is 15.0 Å². The van der Waals surface area contributed by atoms with E-state index in [9.17, 15) is 0 Å². The van der Waals surface area contributed by atoms with Gasteiger partial charge < -0.3 is 0 Å². The van der Waals surface area contributed by atoms with Gasteiger partial charge in [-0.05, 0) is 23.8 Å². The smallest absolute Gasteiger partial charge is 0.134 e. The van der Waals surface area contributed by atoms with Crippen molar-refractivity contribution in [1.82, 2.24) is 15.0 Å². The zero-order chi connectivity index (χ0) is 9.80. The van der Waals surface area contributed by atoms with Gasteiger partial charge in [-0.2, -0.15) is 0 Å². The van der Waals surface area contributed by atoms with Crippen LogP contribution >= 0.6 is 11.6 Å². The van der Waals surface area contributed by atoms with Crippen LogP contribution in [-0.2, 0) is 6.42 Å². The lowest BCUT2D eigenvalue weighted by molar-refractivity contribution is 0.965. The van der Waals surface area contributed by atoms with Gasteiger partial charge in [-0.25, -0.2) is 9.97 Å². The van der Waals surface area contributed by atoms with Gasteiger partial charge in [-0.1, -0.05) is 11.6 Å². The van der Waals surface area contributed by atoms with E-state index >= 15 is 0 Å². The Balaban J connectivity index is 2.19. The summed E-state index contributed by atoms with van der Waals surface area (Å²) < 4.78 is 0. The van der Waals surface area contributed by atoms with Gasteiger partial charge in [0.15, 0.2) is 0 Å². The predicted molar refractivity (Wildman–Crippen MR) is 54.1 cm³/mol. The number of hydrogen-bond acceptors (Lipinski definition) is 3. The molecule has 70 valence electrons. The summed E-state index contributed by atoms with van der Waals surface area (Å²) in [6.07, 6.45) is 5.84. The molecule has 0 aliphatic rings. The molecule has 0 aliphatic carbocycles. The molecule has 0 aliphatic heterocycles. The highest BCUT2D eigenvalue weighted by molar-refractivity contribution is 6.29. The van der Waals surface area contributed by atoms with Crippen LogP contribution in [0.1, 0.15) is 11.4 Å². The Morgan fingerprint density at radius 1 is 1.07 bits per heavy atom. The average molecular weight is 206 g/mol. The first kappa shape index (κ1) is 9.09. The van der Waals surface area contributed by atoms with E-state index in [1.165, 1.54) is 0 Å². The summed E-state index contributed by atoms with van der Waals surface area (Å²) in [5, 5.41) is 0.476. The summed E-state index contributed by atoms with van der Waals surface area (Å²) in [5.41, 5.74) is 1.13. The first-order chi connectivity index (χ1) is 6.84.